The van der Waals surface area contributed by atoms with Crippen molar-refractivity contribution in [2.45, 2.75) is 0 Å². The molecule has 86 valence electrons. The fourth-order valence-corrected chi connectivity index (χ4v) is 1.50. The van der Waals surface area contributed by atoms with Gasteiger partial charge in [-0.2, -0.15) is 0 Å². The summed E-state index contributed by atoms with van der Waals surface area (Å²) >= 11 is 0. The van der Waals surface area contributed by atoms with Crippen LogP contribution < -0.4 is 5.73 Å². The maximum atomic E-state index is 10.9. The number of hydrogen-bond donors (Lipinski definition) is 3. The van der Waals surface area contributed by atoms with Crippen LogP contribution in [0.5, 0.6) is 5.75 Å². The molecule has 5 nitrogen and oxygen atoms in total. The molecule has 17 heavy (non-hydrogen) atoms. The zero-order valence-corrected chi connectivity index (χ0v) is 8.79. The van der Waals surface area contributed by atoms with E-state index in [9.17, 15) is 9.90 Å². The van der Waals surface area contributed by atoms with Crippen LogP contribution >= 0.6 is 0 Å². The standard InChI is InChI=1S/C12H10N2O3/c13-11-6-7(12(16)17)5-9(14-11)8-3-1-2-4-10(8)15/h1-6,15H,(H2,13,14)(H,16,17). The van der Waals surface area contributed by atoms with Gasteiger partial charge in [0.05, 0.1) is 11.3 Å². The number of aromatic carboxylic acids is 1. The smallest absolute Gasteiger partial charge is 0.335 e. The van der Waals surface area contributed by atoms with Crippen molar-refractivity contribution in [1.82, 2.24) is 4.98 Å². The predicted molar refractivity (Wildman–Crippen MR) is 62.7 cm³/mol. The number of carbonyl (C=O) groups is 1. The van der Waals surface area contributed by atoms with Crippen LogP contribution in [0.3, 0.4) is 0 Å². The number of aromatic hydroxyl groups is 1. The number of phenolic OH excluding ortho intramolecular Hbond substituents is 1. The highest BCUT2D eigenvalue weighted by Crippen LogP contribution is 2.28. The van der Waals surface area contributed by atoms with Gasteiger partial charge in [0.25, 0.3) is 0 Å². The normalized spacial score (nSPS) is 10.1. The molecule has 0 spiro atoms. The Bertz CT molecular complexity index is 582. The van der Waals surface area contributed by atoms with Crippen LogP contribution in [0.25, 0.3) is 11.3 Å². The van der Waals surface area contributed by atoms with Gasteiger partial charge in [0, 0.05) is 5.56 Å². The molecule has 0 atom stereocenters. The number of rotatable bonds is 2. The minimum atomic E-state index is -1.09. The molecule has 4 N–H and O–H groups in total. The average Bonchev–Trinajstić information content (AvgIpc) is 2.28. The summed E-state index contributed by atoms with van der Waals surface area (Å²) in [6.07, 6.45) is 0. The highest BCUT2D eigenvalue weighted by molar-refractivity contribution is 5.90. The summed E-state index contributed by atoms with van der Waals surface area (Å²) < 4.78 is 0. The zero-order chi connectivity index (χ0) is 12.4. The van der Waals surface area contributed by atoms with Gasteiger partial charge < -0.3 is 15.9 Å². The summed E-state index contributed by atoms with van der Waals surface area (Å²) in [6.45, 7) is 0. The lowest BCUT2D eigenvalue weighted by Crippen LogP contribution is -2.01. The minimum Gasteiger partial charge on any atom is -0.507 e. The van der Waals surface area contributed by atoms with E-state index in [2.05, 4.69) is 4.98 Å². The van der Waals surface area contributed by atoms with Crippen molar-refractivity contribution in [3.05, 3.63) is 42.0 Å². The van der Waals surface area contributed by atoms with Crippen LogP contribution in [0.2, 0.25) is 0 Å². The van der Waals surface area contributed by atoms with Gasteiger partial charge in [0.1, 0.15) is 11.6 Å². The number of carboxylic acids is 1. The van der Waals surface area contributed by atoms with Gasteiger partial charge in [-0.25, -0.2) is 9.78 Å². The number of benzene rings is 1. The molecule has 2 aromatic rings. The number of nitrogen functional groups attached to an aromatic ring is 1. The Labute approximate surface area is 97.2 Å². The van der Waals surface area contributed by atoms with Gasteiger partial charge in [-0.3, -0.25) is 0 Å². The zero-order valence-electron chi connectivity index (χ0n) is 8.79. The monoisotopic (exact) mass is 230 g/mol. The summed E-state index contributed by atoms with van der Waals surface area (Å²) in [7, 11) is 0. The number of anilines is 1. The second-order valence-corrected chi connectivity index (χ2v) is 3.49. The lowest BCUT2D eigenvalue weighted by molar-refractivity contribution is 0.0697. The van der Waals surface area contributed by atoms with E-state index in [1.807, 2.05) is 0 Å². The third-order valence-electron chi connectivity index (χ3n) is 2.27. The highest BCUT2D eigenvalue weighted by Gasteiger charge is 2.10. The number of pyridine rings is 1. The van der Waals surface area contributed by atoms with Crippen molar-refractivity contribution < 1.29 is 15.0 Å². The fraction of sp³-hybridized carbons (Fsp3) is 0. The lowest BCUT2D eigenvalue weighted by atomic mass is 10.1. The largest absolute Gasteiger partial charge is 0.507 e. The second kappa shape index (κ2) is 4.13. The summed E-state index contributed by atoms with van der Waals surface area (Å²) in [5, 5.41) is 18.6. The quantitative estimate of drug-likeness (QED) is 0.730. The number of nitrogens with zero attached hydrogens (tertiary/aromatic N) is 1. The Balaban J connectivity index is 2.60. The van der Waals surface area contributed by atoms with Crippen molar-refractivity contribution in [1.29, 1.82) is 0 Å². The van der Waals surface area contributed by atoms with Gasteiger partial charge >= 0.3 is 5.97 Å². The van der Waals surface area contributed by atoms with Crippen molar-refractivity contribution in [2.75, 3.05) is 5.73 Å². The summed E-state index contributed by atoms with van der Waals surface area (Å²) in [5.74, 6) is -0.958. The third kappa shape index (κ3) is 2.17. The van der Waals surface area contributed by atoms with Crippen LogP contribution in [0.15, 0.2) is 36.4 Å². The van der Waals surface area contributed by atoms with E-state index in [1.165, 1.54) is 18.2 Å². The maximum Gasteiger partial charge on any atom is 0.335 e. The van der Waals surface area contributed by atoms with E-state index in [1.54, 1.807) is 18.2 Å². The number of nitrogens with two attached hydrogens (primary N) is 1. The molecule has 0 saturated heterocycles. The Kier molecular flexibility index (Phi) is 2.66. The molecule has 0 aliphatic heterocycles. The molecule has 1 aromatic carbocycles. The molecule has 2 rings (SSSR count). The molecule has 0 amide bonds. The van der Waals surface area contributed by atoms with Crippen molar-refractivity contribution >= 4 is 11.8 Å². The Hall–Kier alpha value is -2.56. The van der Waals surface area contributed by atoms with E-state index >= 15 is 0 Å². The number of aromatic nitrogens is 1. The van der Waals surface area contributed by atoms with Crippen LogP contribution in [0.4, 0.5) is 5.82 Å². The van der Waals surface area contributed by atoms with E-state index in [0.717, 1.165) is 0 Å². The fourth-order valence-electron chi connectivity index (χ4n) is 1.50. The summed E-state index contributed by atoms with van der Waals surface area (Å²) in [5.41, 5.74) is 6.35. The SMILES string of the molecule is Nc1cc(C(=O)O)cc(-c2ccccc2O)n1. The molecule has 0 saturated carbocycles. The minimum absolute atomic E-state index is 0.0296. The van der Waals surface area contributed by atoms with Crippen LogP contribution in [0, 0.1) is 0 Å². The van der Waals surface area contributed by atoms with Gasteiger partial charge in [0.15, 0.2) is 0 Å². The van der Waals surface area contributed by atoms with E-state index in [-0.39, 0.29) is 17.1 Å². The molecule has 0 fully saturated rings. The molecule has 0 aliphatic rings. The van der Waals surface area contributed by atoms with Crippen molar-refractivity contribution in [3.63, 3.8) is 0 Å². The predicted octanol–water partition coefficient (Wildman–Crippen LogP) is 1.73. The molecular weight excluding hydrogens is 220 g/mol. The first-order valence-corrected chi connectivity index (χ1v) is 4.87. The van der Waals surface area contributed by atoms with Gasteiger partial charge in [0.2, 0.25) is 0 Å². The summed E-state index contributed by atoms with van der Waals surface area (Å²) in [6, 6.07) is 9.17. The molecule has 0 aliphatic carbocycles. The topological polar surface area (TPSA) is 96.4 Å². The van der Waals surface area contributed by atoms with Crippen LogP contribution in [-0.2, 0) is 0 Å². The van der Waals surface area contributed by atoms with Gasteiger partial charge in [-0.05, 0) is 24.3 Å². The summed E-state index contributed by atoms with van der Waals surface area (Å²) in [4.78, 5) is 14.9. The molecule has 0 bridgehead atoms. The third-order valence-corrected chi connectivity index (χ3v) is 2.27. The Morgan fingerprint density at radius 2 is 1.94 bits per heavy atom. The molecular formula is C12H10N2O3. The molecule has 0 unspecified atom stereocenters. The Morgan fingerprint density at radius 3 is 2.59 bits per heavy atom. The number of phenols is 1. The first kappa shape index (κ1) is 10.9. The van der Waals surface area contributed by atoms with E-state index in [4.69, 9.17) is 10.8 Å². The first-order valence-electron chi connectivity index (χ1n) is 4.87. The van der Waals surface area contributed by atoms with Crippen molar-refractivity contribution in [3.8, 4) is 17.0 Å². The van der Waals surface area contributed by atoms with Gasteiger partial charge in [-0.15, -0.1) is 0 Å². The maximum absolute atomic E-state index is 10.9. The Morgan fingerprint density at radius 1 is 1.24 bits per heavy atom. The average molecular weight is 230 g/mol. The van der Waals surface area contributed by atoms with E-state index in [0.29, 0.717) is 11.3 Å². The molecule has 1 aromatic heterocycles. The van der Waals surface area contributed by atoms with Gasteiger partial charge in [-0.1, -0.05) is 12.1 Å². The first-order chi connectivity index (χ1) is 8.08. The van der Waals surface area contributed by atoms with E-state index < -0.39 is 5.97 Å². The molecule has 0 radical (unpaired) electrons. The van der Waals surface area contributed by atoms with Crippen LogP contribution in [0.1, 0.15) is 10.4 Å². The van der Waals surface area contributed by atoms with Crippen molar-refractivity contribution in [2.24, 2.45) is 0 Å². The number of hydrogen-bond acceptors (Lipinski definition) is 4. The molecule has 1 heterocycles. The second-order valence-electron chi connectivity index (χ2n) is 3.49. The highest BCUT2D eigenvalue weighted by atomic mass is 16.4. The lowest BCUT2D eigenvalue weighted by Gasteiger charge is -2.05. The number of carboxylic acid groups (broad SMARTS) is 1. The molecule has 5 heteroatoms. The van der Waals surface area contributed by atoms with Crippen LogP contribution in [-0.4, -0.2) is 21.2 Å². The number of para-hydroxylation sites is 1.